The van der Waals surface area contributed by atoms with Gasteiger partial charge in [-0.25, -0.2) is 4.98 Å². The molecule has 0 N–H and O–H groups in total. The summed E-state index contributed by atoms with van der Waals surface area (Å²) in [4.78, 5) is 34.3. The van der Waals surface area contributed by atoms with Crippen LogP contribution >= 0.6 is 11.3 Å². The number of amides is 2. The first-order valence-electron chi connectivity index (χ1n) is 10.4. The van der Waals surface area contributed by atoms with Crippen LogP contribution < -0.4 is 9.64 Å². The molecule has 0 bridgehead atoms. The zero-order valence-electron chi connectivity index (χ0n) is 18.0. The van der Waals surface area contributed by atoms with Gasteiger partial charge in [-0.3, -0.25) is 19.4 Å². The lowest BCUT2D eigenvalue weighted by atomic mass is 10.1. The highest BCUT2D eigenvalue weighted by atomic mass is 32.1. The molecule has 0 aliphatic carbocycles. The van der Waals surface area contributed by atoms with E-state index >= 15 is 0 Å². The highest BCUT2D eigenvalue weighted by Gasteiger charge is 2.33. The van der Waals surface area contributed by atoms with Crippen LogP contribution in [0.4, 0.5) is 5.13 Å². The van der Waals surface area contributed by atoms with Gasteiger partial charge in [0.15, 0.2) is 5.13 Å². The van der Waals surface area contributed by atoms with Gasteiger partial charge in [-0.2, -0.15) is 0 Å². The molecule has 1 aliphatic heterocycles. The van der Waals surface area contributed by atoms with Crippen LogP contribution in [0.3, 0.4) is 0 Å². The average molecular weight is 456 g/mol. The Hall–Kier alpha value is -3.97. The fourth-order valence-electron chi connectivity index (χ4n) is 3.89. The fourth-order valence-corrected chi connectivity index (χ4v) is 4.90. The van der Waals surface area contributed by atoms with Crippen LogP contribution in [-0.4, -0.2) is 35.4 Å². The van der Waals surface area contributed by atoms with Gasteiger partial charge in [0.1, 0.15) is 12.3 Å². The first-order chi connectivity index (χ1) is 16.0. The maximum absolute atomic E-state index is 13.6. The number of hydrogen-bond donors (Lipinski definition) is 0. The van der Waals surface area contributed by atoms with E-state index in [4.69, 9.17) is 9.72 Å². The highest BCUT2D eigenvalue weighted by Crippen LogP contribution is 2.34. The van der Waals surface area contributed by atoms with Crippen molar-refractivity contribution in [1.82, 2.24) is 9.88 Å². The van der Waals surface area contributed by atoms with E-state index in [1.165, 1.54) is 16.2 Å². The van der Waals surface area contributed by atoms with Crippen molar-refractivity contribution in [2.45, 2.75) is 6.54 Å². The minimum absolute atomic E-state index is 0.113. The Labute approximate surface area is 195 Å². The summed E-state index contributed by atoms with van der Waals surface area (Å²) in [7, 11) is 1.62. The molecule has 164 valence electrons. The summed E-state index contributed by atoms with van der Waals surface area (Å²) in [5.74, 6) is 0.292. The maximum atomic E-state index is 13.6. The van der Waals surface area contributed by atoms with Gasteiger partial charge in [-0.1, -0.05) is 66.4 Å². The lowest BCUT2D eigenvalue weighted by Crippen LogP contribution is -2.40. The van der Waals surface area contributed by atoms with E-state index < -0.39 is 0 Å². The van der Waals surface area contributed by atoms with Gasteiger partial charge >= 0.3 is 0 Å². The summed E-state index contributed by atoms with van der Waals surface area (Å²) in [5.41, 5.74) is 3.62. The molecular weight excluding hydrogens is 434 g/mol. The van der Waals surface area contributed by atoms with Gasteiger partial charge in [-0.15, -0.1) is 0 Å². The van der Waals surface area contributed by atoms with Gasteiger partial charge in [0.2, 0.25) is 5.91 Å². The topological polar surface area (TPSA) is 62.7 Å². The lowest BCUT2D eigenvalue weighted by Gasteiger charge is -2.24. The second-order valence-corrected chi connectivity index (χ2v) is 8.69. The highest BCUT2D eigenvalue weighted by molar-refractivity contribution is 7.22. The normalized spacial score (nSPS) is 12.8. The molecule has 0 radical (unpaired) electrons. The van der Waals surface area contributed by atoms with Crippen molar-refractivity contribution in [1.29, 1.82) is 0 Å². The Balaban J connectivity index is 1.48. The van der Waals surface area contributed by atoms with E-state index in [1.807, 2.05) is 66.7 Å². The second kappa shape index (κ2) is 8.52. The molecule has 0 unspecified atom stereocenters. The van der Waals surface area contributed by atoms with Crippen LogP contribution in [0.5, 0.6) is 5.75 Å². The Bertz CT molecular complexity index is 1350. The number of fused-ring (bicyclic) bond motifs is 2. The van der Waals surface area contributed by atoms with E-state index in [2.05, 4.69) is 6.58 Å². The molecule has 1 aliphatic rings. The zero-order chi connectivity index (χ0) is 22.9. The van der Waals surface area contributed by atoms with Gasteiger partial charge in [-0.05, 0) is 29.8 Å². The minimum atomic E-state index is -0.229. The Kier molecular flexibility index (Phi) is 5.40. The number of methoxy groups -OCH3 is 1. The molecule has 0 spiro atoms. The Morgan fingerprint density at radius 2 is 1.79 bits per heavy atom. The number of benzene rings is 3. The second-order valence-electron chi connectivity index (χ2n) is 7.68. The van der Waals surface area contributed by atoms with Gasteiger partial charge in [0.25, 0.3) is 5.91 Å². The zero-order valence-corrected chi connectivity index (χ0v) is 18.8. The third-order valence-corrected chi connectivity index (χ3v) is 6.67. The molecular formula is C26H21N3O3S. The van der Waals surface area contributed by atoms with Crippen molar-refractivity contribution in [2.75, 3.05) is 18.6 Å². The third-order valence-electron chi connectivity index (χ3n) is 5.63. The molecule has 6 nitrogen and oxygen atoms in total. The number of thiazole rings is 1. The predicted molar refractivity (Wildman–Crippen MR) is 130 cm³/mol. The van der Waals surface area contributed by atoms with Gasteiger partial charge in [0, 0.05) is 16.8 Å². The van der Waals surface area contributed by atoms with E-state index in [0.29, 0.717) is 22.9 Å². The average Bonchev–Trinajstić information content (AvgIpc) is 3.37. The van der Waals surface area contributed by atoms with Crippen LogP contribution in [0.1, 0.15) is 21.5 Å². The molecule has 0 atom stereocenters. The first-order valence-corrected chi connectivity index (χ1v) is 11.3. The quantitative estimate of drug-likeness (QED) is 0.412. The summed E-state index contributed by atoms with van der Waals surface area (Å²) >= 11 is 1.42. The van der Waals surface area contributed by atoms with Crippen LogP contribution in [0.25, 0.3) is 15.9 Å². The number of aromatic nitrogens is 1. The van der Waals surface area contributed by atoms with Gasteiger partial charge in [0.05, 0.1) is 23.9 Å². The third kappa shape index (κ3) is 3.87. The van der Waals surface area contributed by atoms with Crippen molar-refractivity contribution in [2.24, 2.45) is 0 Å². The summed E-state index contributed by atoms with van der Waals surface area (Å²) < 4.78 is 6.24. The Morgan fingerprint density at radius 1 is 1.06 bits per heavy atom. The number of ether oxygens (including phenoxy) is 1. The molecule has 5 rings (SSSR count). The number of carbonyl (C=O) groups excluding carboxylic acids is 2. The smallest absolute Gasteiger partial charge is 0.259 e. The van der Waals surface area contributed by atoms with E-state index in [0.717, 1.165) is 27.1 Å². The van der Waals surface area contributed by atoms with Crippen molar-refractivity contribution < 1.29 is 14.3 Å². The molecule has 0 saturated carbocycles. The lowest BCUT2D eigenvalue weighted by molar-refractivity contribution is -0.118. The summed E-state index contributed by atoms with van der Waals surface area (Å²) in [6, 6.07) is 22.6. The van der Waals surface area contributed by atoms with Gasteiger partial charge < -0.3 is 4.74 Å². The van der Waals surface area contributed by atoms with Crippen molar-refractivity contribution in [3.8, 4) is 5.75 Å². The number of hydrogen-bond acceptors (Lipinski definition) is 5. The number of carbonyl (C=O) groups is 2. The SMILES string of the molecule is C=C1c2ccccc2C(=O)N1CC(=O)N(Cc1ccccc1)c1nc2ccc(OC)cc2s1. The van der Waals surface area contributed by atoms with Crippen LogP contribution in [0.2, 0.25) is 0 Å². The summed E-state index contributed by atoms with van der Waals surface area (Å²) in [6.45, 7) is 4.29. The molecule has 0 saturated heterocycles. The molecule has 7 heteroatoms. The number of nitrogens with zero attached hydrogens (tertiary/aromatic N) is 3. The summed E-state index contributed by atoms with van der Waals surface area (Å²) in [6.07, 6.45) is 0. The monoisotopic (exact) mass is 455 g/mol. The van der Waals surface area contributed by atoms with E-state index in [1.54, 1.807) is 18.1 Å². The molecule has 2 heterocycles. The van der Waals surface area contributed by atoms with Crippen molar-refractivity contribution in [3.63, 3.8) is 0 Å². The maximum Gasteiger partial charge on any atom is 0.259 e. The van der Waals surface area contributed by atoms with E-state index in [-0.39, 0.29) is 18.4 Å². The molecule has 3 aromatic carbocycles. The van der Waals surface area contributed by atoms with Crippen LogP contribution in [0, 0.1) is 0 Å². The molecule has 2 amide bonds. The number of anilines is 1. The largest absolute Gasteiger partial charge is 0.497 e. The molecule has 33 heavy (non-hydrogen) atoms. The Morgan fingerprint density at radius 3 is 2.52 bits per heavy atom. The number of rotatable bonds is 6. The molecule has 4 aromatic rings. The van der Waals surface area contributed by atoms with Crippen LogP contribution in [0.15, 0.2) is 79.4 Å². The van der Waals surface area contributed by atoms with Crippen molar-refractivity contribution >= 4 is 44.2 Å². The van der Waals surface area contributed by atoms with Crippen molar-refractivity contribution in [3.05, 3.63) is 96.1 Å². The molecule has 1 aromatic heterocycles. The standard InChI is InChI=1S/C26H21N3O3S/c1-17-20-10-6-7-11-21(20)25(31)28(17)16-24(30)29(15-18-8-4-3-5-9-18)26-27-22-13-12-19(32-2)14-23(22)33-26/h3-14H,1,15-16H2,2H3. The fraction of sp³-hybridized carbons (Fsp3) is 0.115. The first kappa shape index (κ1) is 20.9. The molecule has 0 fully saturated rings. The van der Waals surface area contributed by atoms with E-state index in [9.17, 15) is 9.59 Å². The summed E-state index contributed by atoms with van der Waals surface area (Å²) in [5, 5.41) is 0.571. The van der Waals surface area contributed by atoms with Crippen LogP contribution in [-0.2, 0) is 11.3 Å². The predicted octanol–water partition coefficient (Wildman–Crippen LogP) is 4.96. The minimum Gasteiger partial charge on any atom is -0.497 e.